The third-order valence-electron chi connectivity index (χ3n) is 7.69. The van der Waals surface area contributed by atoms with E-state index in [0.29, 0.717) is 19.6 Å². The predicted octanol–water partition coefficient (Wildman–Crippen LogP) is 7.81. The summed E-state index contributed by atoms with van der Waals surface area (Å²) in [5.41, 5.74) is 6.94. The Kier molecular flexibility index (Phi) is 10.4. The number of carbonyl (C=O) groups excluding carboxylic acids is 1. The number of para-hydroxylation sites is 2. The molecule has 0 unspecified atom stereocenters. The van der Waals surface area contributed by atoms with E-state index in [1.54, 1.807) is 0 Å². The van der Waals surface area contributed by atoms with E-state index < -0.39 is 0 Å². The molecule has 1 aromatic heterocycles. The Morgan fingerprint density at radius 3 is 2.26 bits per heavy atom. The number of aryl methyl sites for hydroxylation is 3. The van der Waals surface area contributed by atoms with E-state index in [1.807, 2.05) is 36.4 Å². The molecule has 5 heteroatoms. The minimum absolute atomic E-state index is 0.0766. The van der Waals surface area contributed by atoms with Crippen molar-refractivity contribution in [2.75, 3.05) is 13.2 Å². The highest BCUT2D eigenvalue weighted by Gasteiger charge is 2.10. The summed E-state index contributed by atoms with van der Waals surface area (Å²) in [5.74, 6) is 2.13. The molecule has 0 radical (unpaired) electrons. The lowest BCUT2D eigenvalue weighted by atomic mass is 10.0. The third kappa shape index (κ3) is 8.10. The van der Waals surface area contributed by atoms with Crippen molar-refractivity contribution in [3.63, 3.8) is 0 Å². The van der Waals surface area contributed by atoms with Crippen LogP contribution in [0.15, 0.2) is 103 Å². The highest BCUT2D eigenvalue weighted by atomic mass is 16.5. The zero-order valence-corrected chi connectivity index (χ0v) is 24.6. The lowest BCUT2D eigenvalue weighted by Gasteiger charge is -2.11. The molecule has 0 aliphatic heterocycles. The number of nitrogens with one attached hydrogen (secondary N) is 1. The van der Waals surface area contributed by atoms with Gasteiger partial charge in [0.25, 0.3) is 0 Å². The van der Waals surface area contributed by atoms with Crippen LogP contribution in [0, 0.1) is 0 Å². The second kappa shape index (κ2) is 15.0. The molecule has 1 N–H and O–H groups in total. The molecule has 0 aliphatic carbocycles. The lowest BCUT2D eigenvalue weighted by molar-refractivity contribution is -0.120. The first kappa shape index (κ1) is 29.1. The van der Waals surface area contributed by atoms with Gasteiger partial charge < -0.3 is 14.6 Å². The summed E-state index contributed by atoms with van der Waals surface area (Å²) < 4.78 is 8.34. The largest absolute Gasteiger partial charge is 0.494 e. The van der Waals surface area contributed by atoms with Gasteiger partial charge in [-0.15, -0.1) is 0 Å². The van der Waals surface area contributed by atoms with Crippen LogP contribution in [-0.2, 0) is 30.6 Å². The third-order valence-corrected chi connectivity index (χ3v) is 7.69. The highest BCUT2D eigenvalue weighted by Crippen LogP contribution is 2.20. The first-order chi connectivity index (χ1) is 20.7. The van der Waals surface area contributed by atoms with E-state index in [2.05, 4.69) is 83.5 Å². The Balaban J connectivity index is 1.03. The topological polar surface area (TPSA) is 56.1 Å². The minimum Gasteiger partial charge on any atom is -0.494 e. The molecular formula is C37H41N3O2. The van der Waals surface area contributed by atoms with Crippen molar-refractivity contribution in [2.24, 2.45) is 0 Å². The molecule has 0 saturated carbocycles. The number of nitrogens with zero attached hydrogens (tertiary/aromatic N) is 2. The molecule has 0 bridgehead atoms. The van der Waals surface area contributed by atoms with Gasteiger partial charge in [0.2, 0.25) is 5.91 Å². The number of fused-ring (bicyclic) bond motifs is 1. The summed E-state index contributed by atoms with van der Waals surface area (Å²) >= 11 is 0. The SMILES string of the molecule is CCc1ccc(OCCCn2c(CCCCCNC(=O)Cc3ccc(-c4ccccc4)cc3)nc3ccccc32)cc1. The van der Waals surface area contributed by atoms with Crippen LogP contribution in [0.2, 0.25) is 0 Å². The Morgan fingerprint density at radius 2 is 1.48 bits per heavy atom. The number of hydrogen-bond acceptors (Lipinski definition) is 3. The normalized spacial score (nSPS) is 11.1. The van der Waals surface area contributed by atoms with Crippen LogP contribution in [0.4, 0.5) is 0 Å². The van der Waals surface area contributed by atoms with Crippen LogP contribution in [0.5, 0.6) is 5.75 Å². The fraction of sp³-hybridized carbons (Fsp3) is 0.297. The fourth-order valence-corrected chi connectivity index (χ4v) is 5.31. The van der Waals surface area contributed by atoms with Gasteiger partial charge in [0.15, 0.2) is 0 Å². The van der Waals surface area contributed by atoms with Crippen LogP contribution >= 0.6 is 0 Å². The Labute approximate surface area is 249 Å². The van der Waals surface area contributed by atoms with Crippen molar-refractivity contribution in [3.8, 4) is 16.9 Å². The van der Waals surface area contributed by atoms with Gasteiger partial charge in [0.05, 0.1) is 24.1 Å². The smallest absolute Gasteiger partial charge is 0.224 e. The van der Waals surface area contributed by atoms with Crippen molar-refractivity contribution in [1.29, 1.82) is 0 Å². The monoisotopic (exact) mass is 559 g/mol. The molecule has 0 aliphatic rings. The molecule has 5 aromatic rings. The Hall–Kier alpha value is -4.38. The number of benzene rings is 4. The van der Waals surface area contributed by atoms with E-state index in [4.69, 9.17) is 9.72 Å². The van der Waals surface area contributed by atoms with Crippen LogP contribution in [0.25, 0.3) is 22.2 Å². The minimum atomic E-state index is 0.0766. The summed E-state index contributed by atoms with van der Waals surface area (Å²) in [6.45, 7) is 4.42. The molecule has 0 saturated heterocycles. The standard InChI is InChI=1S/C37H41N3O2/c1-2-29-19-23-33(24-20-29)42-27-11-26-40-35-15-9-8-14-34(35)39-36(40)16-7-4-10-25-38-37(41)28-30-17-21-32(22-18-30)31-12-5-3-6-13-31/h3,5-6,8-9,12-15,17-24H,2,4,7,10-11,16,25-28H2,1H3,(H,38,41). The maximum atomic E-state index is 12.5. The van der Waals surface area contributed by atoms with Gasteiger partial charge in [0, 0.05) is 19.5 Å². The number of carbonyl (C=O) groups is 1. The first-order valence-electron chi connectivity index (χ1n) is 15.3. The number of unbranched alkanes of at least 4 members (excludes halogenated alkanes) is 2. The number of amides is 1. The number of ether oxygens (including phenoxy) is 1. The van der Waals surface area contributed by atoms with Gasteiger partial charge in [-0.25, -0.2) is 4.98 Å². The number of aromatic nitrogens is 2. The highest BCUT2D eigenvalue weighted by molar-refractivity contribution is 5.79. The number of rotatable bonds is 15. The summed E-state index contributed by atoms with van der Waals surface area (Å²) in [5, 5.41) is 3.09. The molecule has 0 spiro atoms. The molecule has 0 atom stereocenters. The first-order valence-corrected chi connectivity index (χ1v) is 15.3. The maximum Gasteiger partial charge on any atom is 0.224 e. The van der Waals surface area contributed by atoms with Crippen LogP contribution < -0.4 is 10.1 Å². The molecule has 0 fully saturated rings. The van der Waals surface area contributed by atoms with Crippen molar-refractivity contribution in [1.82, 2.24) is 14.9 Å². The number of hydrogen-bond donors (Lipinski definition) is 1. The quantitative estimate of drug-likeness (QED) is 0.133. The summed E-state index contributed by atoms with van der Waals surface area (Å²) in [7, 11) is 0. The summed E-state index contributed by atoms with van der Waals surface area (Å²) in [4.78, 5) is 17.4. The average Bonchev–Trinajstić information content (AvgIpc) is 3.39. The molecule has 42 heavy (non-hydrogen) atoms. The zero-order valence-electron chi connectivity index (χ0n) is 24.6. The second-order valence-electron chi connectivity index (χ2n) is 10.8. The van der Waals surface area contributed by atoms with E-state index in [9.17, 15) is 4.79 Å². The van der Waals surface area contributed by atoms with E-state index in [1.165, 1.54) is 22.2 Å². The van der Waals surface area contributed by atoms with Crippen molar-refractivity contribution >= 4 is 16.9 Å². The Morgan fingerprint density at radius 1 is 0.762 bits per heavy atom. The van der Waals surface area contributed by atoms with Gasteiger partial charge in [-0.3, -0.25) is 4.79 Å². The molecule has 5 rings (SSSR count). The van der Waals surface area contributed by atoms with Crippen molar-refractivity contribution < 1.29 is 9.53 Å². The van der Waals surface area contributed by atoms with Gasteiger partial charge >= 0.3 is 0 Å². The molecule has 1 amide bonds. The second-order valence-corrected chi connectivity index (χ2v) is 10.8. The molecule has 5 nitrogen and oxygen atoms in total. The van der Waals surface area contributed by atoms with Crippen molar-refractivity contribution in [3.05, 3.63) is 120 Å². The van der Waals surface area contributed by atoms with Crippen LogP contribution in [0.1, 0.15) is 49.6 Å². The van der Waals surface area contributed by atoms with Crippen LogP contribution in [-0.4, -0.2) is 28.6 Å². The molecule has 216 valence electrons. The fourth-order valence-electron chi connectivity index (χ4n) is 5.31. The molecule has 1 heterocycles. The predicted molar refractivity (Wildman–Crippen MR) is 172 cm³/mol. The number of imidazole rings is 1. The summed E-state index contributed by atoms with van der Waals surface area (Å²) in [6, 6.07) is 35.3. The van der Waals surface area contributed by atoms with Gasteiger partial charge in [-0.2, -0.15) is 0 Å². The molecular weight excluding hydrogens is 518 g/mol. The molecule has 4 aromatic carbocycles. The summed E-state index contributed by atoms with van der Waals surface area (Å²) in [6.07, 6.45) is 6.35. The van der Waals surface area contributed by atoms with Gasteiger partial charge in [-0.05, 0) is 72.2 Å². The van der Waals surface area contributed by atoms with Crippen molar-refractivity contribution in [2.45, 2.75) is 58.4 Å². The average molecular weight is 560 g/mol. The Bertz CT molecular complexity index is 1540. The maximum absolute atomic E-state index is 12.5. The van der Waals surface area contributed by atoms with Gasteiger partial charge in [0.1, 0.15) is 11.6 Å². The zero-order chi connectivity index (χ0) is 29.0. The van der Waals surface area contributed by atoms with Crippen LogP contribution in [0.3, 0.4) is 0 Å². The lowest BCUT2D eigenvalue weighted by Crippen LogP contribution is -2.26. The van der Waals surface area contributed by atoms with Gasteiger partial charge in [-0.1, -0.05) is 92.2 Å². The van der Waals surface area contributed by atoms with E-state index in [0.717, 1.165) is 67.7 Å². The van der Waals surface area contributed by atoms with E-state index >= 15 is 0 Å². The van der Waals surface area contributed by atoms with E-state index in [-0.39, 0.29) is 5.91 Å².